The predicted molar refractivity (Wildman–Crippen MR) is 84.8 cm³/mol. The highest BCUT2D eigenvalue weighted by molar-refractivity contribution is 7.85. The summed E-state index contributed by atoms with van der Waals surface area (Å²) in [6, 6.07) is 6.05. The number of aryl methyl sites for hydroxylation is 1. The van der Waals surface area contributed by atoms with Crippen LogP contribution in [0.25, 0.3) is 10.1 Å². The highest BCUT2D eigenvalue weighted by Gasteiger charge is 2.25. The van der Waals surface area contributed by atoms with Crippen molar-refractivity contribution in [1.82, 2.24) is 4.90 Å². The first-order valence-corrected chi connectivity index (χ1v) is 8.79. The Bertz CT molecular complexity index is 699. The first kappa shape index (κ1) is 13.6. The van der Waals surface area contributed by atoms with Crippen LogP contribution in [0.1, 0.15) is 15.2 Å². The molecular weight excluding hydrogens is 292 g/mol. The summed E-state index contributed by atoms with van der Waals surface area (Å²) in [6.07, 6.45) is 0. The number of amides is 1. The molecule has 0 atom stereocenters. The molecule has 2 heterocycles. The van der Waals surface area contributed by atoms with Crippen LogP contribution in [0.3, 0.4) is 0 Å². The number of carbonyl (C=O) groups is 1. The zero-order valence-corrected chi connectivity index (χ0v) is 12.9. The summed E-state index contributed by atoms with van der Waals surface area (Å²) in [4.78, 5) is 14.9. The smallest absolute Gasteiger partial charge is 0.266 e. The van der Waals surface area contributed by atoms with E-state index in [-0.39, 0.29) is 5.91 Å². The van der Waals surface area contributed by atoms with Crippen LogP contribution < -0.4 is 5.73 Å². The lowest BCUT2D eigenvalue weighted by atomic mass is 10.1. The number of rotatable bonds is 1. The third-order valence-electron chi connectivity index (χ3n) is 3.54. The van der Waals surface area contributed by atoms with Crippen LogP contribution in [0.5, 0.6) is 0 Å². The number of anilines is 1. The number of hydrogen-bond acceptors (Lipinski definition) is 4. The Balaban J connectivity index is 1.95. The average Bonchev–Trinajstić information content (AvgIpc) is 2.76. The number of nitrogens with zero attached hydrogens (tertiary/aromatic N) is 1. The molecule has 4 nitrogen and oxygen atoms in total. The van der Waals surface area contributed by atoms with Crippen LogP contribution in [0, 0.1) is 6.92 Å². The molecule has 0 aliphatic carbocycles. The third-order valence-corrected chi connectivity index (χ3v) is 5.99. The van der Waals surface area contributed by atoms with Crippen molar-refractivity contribution in [2.45, 2.75) is 6.92 Å². The summed E-state index contributed by atoms with van der Waals surface area (Å²) in [5.74, 6) is 1.10. The van der Waals surface area contributed by atoms with Crippen molar-refractivity contribution >= 4 is 43.8 Å². The normalized spacial score (nSPS) is 16.8. The lowest BCUT2D eigenvalue weighted by Gasteiger charge is -2.25. The number of nitrogen functional groups attached to an aromatic ring is 1. The topological polar surface area (TPSA) is 63.4 Å². The van der Waals surface area contributed by atoms with E-state index in [0.717, 1.165) is 15.6 Å². The van der Waals surface area contributed by atoms with E-state index in [9.17, 15) is 9.00 Å². The summed E-state index contributed by atoms with van der Waals surface area (Å²) in [5, 5.41) is 0.957. The van der Waals surface area contributed by atoms with Crippen molar-refractivity contribution in [2.24, 2.45) is 0 Å². The second-order valence-electron chi connectivity index (χ2n) is 4.98. The molecule has 3 rings (SSSR count). The minimum Gasteiger partial charge on any atom is -0.397 e. The first-order valence-electron chi connectivity index (χ1n) is 6.49. The monoisotopic (exact) mass is 308 g/mol. The van der Waals surface area contributed by atoms with Gasteiger partial charge in [0.05, 0.1) is 5.69 Å². The minimum atomic E-state index is -0.779. The van der Waals surface area contributed by atoms with Crippen LogP contribution in [-0.2, 0) is 10.8 Å². The molecule has 0 radical (unpaired) electrons. The van der Waals surface area contributed by atoms with Gasteiger partial charge in [-0.2, -0.15) is 0 Å². The van der Waals surface area contributed by atoms with Gasteiger partial charge in [-0.05, 0) is 19.1 Å². The average molecular weight is 308 g/mol. The van der Waals surface area contributed by atoms with Gasteiger partial charge < -0.3 is 10.6 Å². The molecule has 2 aromatic rings. The highest BCUT2D eigenvalue weighted by Crippen LogP contribution is 2.35. The van der Waals surface area contributed by atoms with Crippen molar-refractivity contribution in [3.8, 4) is 0 Å². The van der Waals surface area contributed by atoms with Gasteiger partial charge in [-0.3, -0.25) is 9.00 Å². The third kappa shape index (κ3) is 2.33. The fourth-order valence-electron chi connectivity index (χ4n) is 2.37. The molecule has 0 saturated carbocycles. The van der Waals surface area contributed by atoms with Crippen molar-refractivity contribution < 1.29 is 9.00 Å². The molecule has 0 bridgehead atoms. The van der Waals surface area contributed by atoms with E-state index in [4.69, 9.17) is 5.73 Å². The van der Waals surface area contributed by atoms with Crippen LogP contribution in [0.2, 0.25) is 0 Å². The Hall–Kier alpha value is -1.40. The molecule has 1 fully saturated rings. The Labute approximate surface area is 124 Å². The van der Waals surface area contributed by atoms with E-state index in [1.807, 2.05) is 25.1 Å². The van der Waals surface area contributed by atoms with Gasteiger partial charge in [-0.25, -0.2) is 0 Å². The molecule has 106 valence electrons. The molecule has 0 spiro atoms. The molecule has 1 aromatic heterocycles. The van der Waals surface area contributed by atoms with Gasteiger partial charge in [0.25, 0.3) is 5.91 Å². The molecule has 0 unspecified atom stereocenters. The number of fused-ring (bicyclic) bond motifs is 1. The van der Waals surface area contributed by atoms with Gasteiger partial charge in [0.15, 0.2) is 0 Å². The molecule has 2 N–H and O–H groups in total. The number of carbonyl (C=O) groups excluding carboxylic acids is 1. The summed E-state index contributed by atoms with van der Waals surface area (Å²) < 4.78 is 12.4. The Kier molecular flexibility index (Phi) is 3.52. The maximum Gasteiger partial charge on any atom is 0.266 e. The Morgan fingerprint density at radius 3 is 2.75 bits per heavy atom. The van der Waals surface area contributed by atoms with Gasteiger partial charge in [0.2, 0.25) is 0 Å². The summed E-state index contributed by atoms with van der Waals surface area (Å²) in [7, 11) is -0.779. The number of hydrogen-bond donors (Lipinski definition) is 1. The van der Waals surface area contributed by atoms with E-state index in [1.54, 1.807) is 4.90 Å². The second-order valence-corrected chi connectivity index (χ2v) is 7.73. The van der Waals surface area contributed by atoms with Crippen molar-refractivity contribution in [2.75, 3.05) is 30.3 Å². The molecule has 1 saturated heterocycles. The molecule has 1 aromatic carbocycles. The minimum absolute atomic E-state index is 0.0296. The summed E-state index contributed by atoms with van der Waals surface area (Å²) in [5.41, 5.74) is 7.85. The Morgan fingerprint density at radius 2 is 2.05 bits per heavy atom. The lowest BCUT2D eigenvalue weighted by Crippen LogP contribution is -2.41. The number of benzene rings is 1. The zero-order valence-electron chi connectivity index (χ0n) is 11.2. The predicted octanol–water partition coefficient (Wildman–Crippen LogP) is 2.00. The maximum atomic E-state index is 12.5. The molecule has 20 heavy (non-hydrogen) atoms. The van der Waals surface area contributed by atoms with Gasteiger partial charge in [0.1, 0.15) is 4.88 Å². The van der Waals surface area contributed by atoms with Crippen LogP contribution in [0.4, 0.5) is 5.69 Å². The molecular formula is C14H16N2O2S2. The van der Waals surface area contributed by atoms with E-state index in [0.29, 0.717) is 35.2 Å². The number of nitrogens with two attached hydrogens (primary N) is 1. The fraction of sp³-hybridized carbons (Fsp3) is 0.357. The van der Waals surface area contributed by atoms with E-state index in [2.05, 4.69) is 0 Å². The van der Waals surface area contributed by atoms with Gasteiger partial charge in [-0.1, -0.05) is 11.6 Å². The SMILES string of the molecule is Cc1ccc2sc(C(=O)N3CCS(=O)CC3)c(N)c2c1. The lowest BCUT2D eigenvalue weighted by molar-refractivity contribution is 0.0777. The number of thiophene rings is 1. The van der Waals surface area contributed by atoms with Crippen molar-refractivity contribution in [3.63, 3.8) is 0 Å². The van der Waals surface area contributed by atoms with Crippen LogP contribution in [-0.4, -0.2) is 39.6 Å². The zero-order chi connectivity index (χ0) is 14.3. The van der Waals surface area contributed by atoms with Crippen molar-refractivity contribution in [1.29, 1.82) is 0 Å². The molecule has 6 heteroatoms. The van der Waals surface area contributed by atoms with E-state index < -0.39 is 10.8 Å². The maximum absolute atomic E-state index is 12.5. The Morgan fingerprint density at radius 1 is 1.35 bits per heavy atom. The highest BCUT2D eigenvalue weighted by atomic mass is 32.2. The second kappa shape index (κ2) is 5.18. The standard InChI is InChI=1S/C14H16N2O2S2/c1-9-2-3-11-10(8-9)12(15)13(19-11)14(17)16-4-6-20(18)7-5-16/h2-3,8H,4-7,15H2,1H3. The van der Waals surface area contributed by atoms with Crippen molar-refractivity contribution in [3.05, 3.63) is 28.6 Å². The molecule has 1 aliphatic rings. The molecule has 1 aliphatic heterocycles. The molecule has 1 amide bonds. The van der Waals surface area contributed by atoms with Gasteiger partial charge in [-0.15, -0.1) is 11.3 Å². The quantitative estimate of drug-likeness (QED) is 0.876. The van der Waals surface area contributed by atoms with Crippen LogP contribution in [0.15, 0.2) is 18.2 Å². The van der Waals surface area contributed by atoms with Gasteiger partial charge in [0, 0.05) is 45.5 Å². The van der Waals surface area contributed by atoms with E-state index >= 15 is 0 Å². The van der Waals surface area contributed by atoms with Crippen LogP contribution >= 0.6 is 11.3 Å². The fourth-order valence-corrected chi connectivity index (χ4v) is 4.50. The van der Waals surface area contributed by atoms with E-state index in [1.165, 1.54) is 11.3 Å². The summed E-state index contributed by atoms with van der Waals surface area (Å²) >= 11 is 1.44. The summed E-state index contributed by atoms with van der Waals surface area (Å²) in [6.45, 7) is 3.12. The first-order chi connectivity index (χ1) is 9.56. The largest absolute Gasteiger partial charge is 0.397 e. The van der Waals surface area contributed by atoms with Gasteiger partial charge >= 0.3 is 0 Å².